The highest BCUT2D eigenvalue weighted by molar-refractivity contribution is 6.06. The van der Waals surface area contributed by atoms with Crippen molar-refractivity contribution < 1.29 is 28.5 Å². The van der Waals surface area contributed by atoms with Gasteiger partial charge in [0.05, 0.1) is 36.8 Å². The average molecular weight is 706 g/mol. The number of aromatic amines is 1. The number of H-pyrrole nitrogens is 1. The fourth-order valence-electron chi connectivity index (χ4n) is 8.84. The van der Waals surface area contributed by atoms with Gasteiger partial charge in [-0.25, -0.2) is 9.78 Å². The summed E-state index contributed by atoms with van der Waals surface area (Å²) >= 11 is 0. The van der Waals surface area contributed by atoms with Gasteiger partial charge in [-0.2, -0.15) is 0 Å². The number of nitrogens with one attached hydrogen (secondary N) is 2. The topological polar surface area (TPSA) is 127 Å². The number of carbonyl (C=O) groups is 2. The van der Waals surface area contributed by atoms with Crippen molar-refractivity contribution in [2.75, 3.05) is 27.9 Å². The smallest absolute Gasteiger partial charge is 0.407 e. The van der Waals surface area contributed by atoms with Crippen molar-refractivity contribution in [1.29, 1.82) is 0 Å². The van der Waals surface area contributed by atoms with Crippen molar-refractivity contribution in [3.8, 4) is 28.1 Å². The van der Waals surface area contributed by atoms with Crippen LogP contribution in [0.5, 0.6) is 5.75 Å². The molecule has 4 heterocycles. The second-order valence-electron chi connectivity index (χ2n) is 14.8. The van der Waals surface area contributed by atoms with Gasteiger partial charge in [-0.3, -0.25) is 9.79 Å². The van der Waals surface area contributed by atoms with Gasteiger partial charge in [-0.05, 0) is 109 Å². The first-order valence-electron chi connectivity index (χ1n) is 18.4. The standard InChI is InChI=1S/C41H47N5O6/c1-22-6-13-36(46(22)40(47)38(23(2)50-4)45-41(48)51-5)34-17-31-30-18-37-32(16-25(30)10-12-33(31)43-34)29-11-9-26(15-28(29)21-52-37)35-19-42-39(44-35)27-8-7-24(14-27)20-49-3/h9-12,15-16,18-19,22-24,27,36,38H,6-8,13-14,17,20-21H2,1-5H3,(H,42,44)(H,45,48)/t22-,23+,24+,27-,36-,38?/m0/s1. The molecule has 1 saturated heterocycles. The summed E-state index contributed by atoms with van der Waals surface area (Å²) in [7, 11) is 4.60. The Labute approximate surface area is 304 Å². The monoisotopic (exact) mass is 705 g/mol. The zero-order chi connectivity index (χ0) is 36.1. The highest BCUT2D eigenvalue weighted by Gasteiger charge is 2.43. The lowest BCUT2D eigenvalue weighted by Gasteiger charge is -2.34. The first-order valence-corrected chi connectivity index (χ1v) is 18.4. The molecule has 3 aliphatic heterocycles. The molecule has 6 atom stereocenters. The number of amides is 2. The number of nitrogens with zero attached hydrogens (tertiary/aromatic N) is 3. The SMILES string of the molecule is COC[C@@H]1CC[C@H](c2ncc(-c3ccc4c(c3)COc3cc5c6c(ccc5cc3-4)N=C([C@@H]3CC[C@H](C)N3C(=O)C(NC(=O)OC)[C@@H](C)OC)C6)[nH]2)C1. The number of benzene rings is 3. The van der Waals surface area contributed by atoms with Crippen molar-refractivity contribution >= 4 is 34.2 Å². The van der Waals surface area contributed by atoms with Crippen LogP contribution in [-0.2, 0) is 32.0 Å². The molecule has 1 aliphatic carbocycles. The Kier molecular flexibility index (Phi) is 9.25. The molecule has 11 heteroatoms. The number of ether oxygens (including phenoxy) is 4. The summed E-state index contributed by atoms with van der Waals surface area (Å²) in [4.78, 5) is 41.5. The third-order valence-corrected chi connectivity index (χ3v) is 11.7. The summed E-state index contributed by atoms with van der Waals surface area (Å²) < 4.78 is 22.1. The van der Waals surface area contributed by atoms with Crippen LogP contribution in [0.2, 0.25) is 0 Å². The van der Waals surface area contributed by atoms with Gasteiger partial charge >= 0.3 is 6.09 Å². The van der Waals surface area contributed by atoms with E-state index in [0.29, 0.717) is 24.9 Å². The summed E-state index contributed by atoms with van der Waals surface area (Å²) in [5, 5.41) is 4.93. The molecule has 272 valence electrons. The maximum atomic E-state index is 14.0. The van der Waals surface area contributed by atoms with Crippen LogP contribution in [0.3, 0.4) is 0 Å². The van der Waals surface area contributed by atoms with Gasteiger partial charge in [0, 0.05) is 50.5 Å². The second kappa shape index (κ2) is 14.0. The highest BCUT2D eigenvalue weighted by atomic mass is 16.5. The molecule has 4 aromatic rings. The van der Waals surface area contributed by atoms with Crippen LogP contribution in [0.25, 0.3) is 33.2 Å². The van der Waals surface area contributed by atoms with E-state index in [1.54, 1.807) is 14.0 Å². The van der Waals surface area contributed by atoms with Crippen LogP contribution in [0.1, 0.15) is 68.8 Å². The number of imidazole rings is 1. The van der Waals surface area contributed by atoms with E-state index < -0.39 is 18.2 Å². The highest BCUT2D eigenvalue weighted by Crippen LogP contribution is 2.45. The summed E-state index contributed by atoms with van der Waals surface area (Å²) in [5.41, 5.74) is 8.58. The van der Waals surface area contributed by atoms with Crippen LogP contribution < -0.4 is 10.1 Å². The molecule has 2 amide bonds. The molecule has 3 aromatic carbocycles. The van der Waals surface area contributed by atoms with Crippen LogP contribution >= 0.6 is 0 Å². The number of hydrogen-bond donors (Lipinski definition) is 2. The quantitative estimate of drug-likeness (QED) is 0.190. The largest absolute Gasteiger partial charge is 0.488 e. The lowest BCUT2D eigenvalue weighted by molar-refractivity contribution is -0.138. The first-order chi connectivity index (χ1) is 25.3. The molecule has 52 heavy (non-hydrogen) atoms. The molecule has 8 rings (SSSR count). The Morgan fingerprint density at radius 1 is 1.06 bits per heavy atom. The van der Waals surface area contributed by atoms with Crippen molar-refractivity contribution in [3.05, 3.63) is 65.6 Å². The Balaban J connectivity index is 1.03. The fraction of sp³-hybridized carbons (Fsp3) is 0.463. The Morgan fingerprint density at radius 2 is 1.92 bits per heavy atom. The normalized spacial score (nSPS) is 23.0. The molecule has 1 unspecified atom stereocenters. The van der Waals surface area contributed by atoms with E-state index in [9.17, 15) is 9.59 Å². The fourth-order valence-corrected chi connectivity index (χ4v) is 8.84. The van der Waals surface area contributed by atoms with Crippen molar-refractivity contribution in [2.24, 2.45) is 10.9 Å². The Morgan fingerprint density at radius 3 is 2.73 bits per heavy atom. The van der Waals surface area contributed by atoms with Crippen molar-refractivity contribution in [2.45, 2.75) is 89.1 Å². The molecule has 11 nitrogen and oxygen atoms in total. The number of likely N-dealkylation sites (tertiary alicyclic amines) is 1. The minimum absolute atomic E-state index is 0.0101. The third-order valence-electron chi connectivity index (χ3n) is 11.7. The van der Waals surface area contributed by atoms with E-state index in [2.05, 4.69) is 52.8 Å². The molecule has 0 radical (unpaired) electrons. The predicted octanol–water partition coefficient (Wildman–Crippen LogP) is 7.09. The zero-order valence-electron chi connectivity index (χ0n) is 30.5. The number of hydrogen-bond acceptors (Lipinski definition) is 8. The zero-order valence-corrected chi connectivity index (χ0v) is 30.5. The van der Waals surface area contributed by atoms with E-state index in [1.165, 1.54) is 26.2 Å². The van der Waals surface area contributed by atoms with Gasteiger partial charge in [-0.15, -0.1) is 0 Å². The van der Waals surface area contributed by atoms with E-state index in [0.717, 1.165) is 94.0 Å². The molecular formula is C41H47N5O6. The molecule has 0 bridgehead atoms. The Bertz CT molecular complexity index is 2060. The minimum atomic E-state index is -0.878. The van der Waals surface area contributed by atoms with Crippen molar-refractivity contribution in [3.63, 3.8) is 0 Å². The van der Waals surface area contributed by atoms with Gasteiger partial charge in [0.15, 0.2) is 0 Å². The number of rotatable bonds is 9. The van der Waals surface area contributed by atoms with E-state index in [-0.39, 0.29) is 18.0 Å². The third kappa shape index (κ3) is 6.13. The maximum absolute atomic E-state index is 14.0. The summed E-state index contributed by atoms with van der Waals surface area (Å²) in [6.45, 7) is 5.12. The predicted molar refractivity (Wildman–Crippen MR) is 199 cm³/mol. The molecule has 2 N–H and O–H groups in total. The number of carbonyl (C=O) groups excluding carboxylic acids is 2. The lowest BCUT2D eigenvalue weighted by Crippen LogP contribution is -2.57. The van der Waals surface area contributed by atoms with E-state index >= 15 is 0 Å². The van der Waals surface area contributed by atoms with Crippen LogP contribution in [-0.4, -0.2) is 84.7 Å². The molecule has 4 aliphatic rings. The van der Waals surface area contributed by atoms with Gasteiger partial charge in [0.2, 0.25) is 5.91 Å². The maximum Gasteiger partial charge on any atom is 0.407 e. The second-order valence-corrected chi connectivity index (χ2v) is 14.8. The van der Waals surface area contributed by atoms with E-state index in [4.69, 9.17) is 28.9 Å². The van der Waals surface area contributed by atoms with Gasteiger partial charge in [0.1, 0.15) is 24.2 Å². The van der Waals surface area contributed by atoms with Crippen LogP contribution in [0, 0.1) is 5.92 Å². The summed E-state index contributed by atoms with van der Waals surface area (Å²) in [6.07, 6.45) is 6.48. The first kappa shape index (κ1) is 34.4. The number of aromatic nitrogens is 2. The molecular weight excluding hydrogens is 658 g/mol. The van der Waals surface area contributed by atoms with Crippen LogP contribution in [0.15, 0.2) is 53.7 Å². The molecule has 0 spiro atoms. The number of methoxy groups -OCH3 is 3. The number of alkyl carbamates (subject to hydrolysis) is 1. The molecule has 2 fully saturated rings. The summed E-state index contributed by atoms with van der Waals surface area (Å²) in [5.74, 6) is 2.80. The minimum Gasteiger partial charge on any atom is -0.488 e. The molecule has 1 saturated carbocycles. The van der Waals surface area contributed by atoms with Crippen LogP contribution in [0.4, 0.5) is 10.5 Å². The number of aliphatic imine (C=N–C) groups is 1. The average Bonchev–Trinajstić information content (AvgIpc) is 3.98. The van der Waals surface area contributed by atoms with E-state index in [1.807, 2.05) is 18.0 Å². The number of fused-ring (bicyclic) bond motifs is 6. The van der Waals surface area contributed by atoms with Gasteiger partial charge in [0.25, 0.3) is 0 Å². The van der Waals surface area contributed by atoms with Gasteiger partial charge < -0.3 is 34.1 Å². The molecule has 1 aromatic heterocycles. The summed E-state index contributed by atoms with van der Waals surface area (Å²) in [6, 6.07) is 14.1. The Hall–Kier alpha value is -4.74. The van der Waals surface area contributed by atoms with Gasteiger partial charge in [-0.1, -0.05) is 18.2 Å². The van der Waals surface area contributed by atoms with Crippen molar-refractivity contribution in [1.82, 2.24) is 20.2 Å². The lowest BCUT2D eigenvalue weighted by atomic mass is 9.90.